The molecule has 2 aromatic rings. The molecule has 1 atom stereocenters. The molecule has 0 fully saturated rings. The molecular formula is C20H26N2O3S2. The van der Waals surface area contributed by atoms with Crippen molar-refractivity contribution >= 4 is 27.3 Å². The lowest BCUT2D eigenvalue weighted by molar-refractivity contribution is 0.0657. The number of hydrogen-bond acceptors (Lipinski definition) is 4. The molecule has 1 aromatic heterocycles. The first kappa shape index (κ1) is 20.0. The van der Waals surface area contributed by atoms with Crippen molar-refractivity contribution in [2.75, 3.05) is 13.6 Å². The van der Waals surface area contributed by atoms with Gasteiger partial charge in [0.25, 0.3) is 5.91 Å². The monoisotopic (exact) mass is 406 g/mol. The fourth-order valence-corrected chi connectivity index (χ4v) is 5.75. The summed E-state index contributed by atoms with van der Waals surface area (Å²) in [6.07, 6.45) is 1.74. The second-order valence-electron chi connectivity index (χ2n) is 7.11. The second kappa shape index (κ2) is 7.73. The second-order valence-corrected chi connectivity index (χ2v) is 10.1. The summed E-state index contributed by atoms with van der Waals surface area (Å²) in [6.45, 7) is 6.45. The van der Waals surface area contributed by atoms with E-state index in [0.717, 1.165) is 12.8 Å². The van der Waals surface area contributed by atoms with E-state index in [4.69, 9.17) is 0 Å². The fraction of sp³-hybridized carbons (Fsp3) is 0.450. The van der Waals surface area contributed by atoms with Gasteiger partial charge < -0.3 is 4.90 Å². The molecule has 1 aliphatic heterocycles. The maximum atomic E-state index is 13.1. The van der Waals surface area contributed by atoms with Gasteiger partial charge in [-0.05, 0) is 68.0 Å². The van der Waals surface area contributed by atoms with Crippen molar-refractivity contribution in [1.82, 2.24) is 9.21 Å². The van der Waals surface area contributed by atoms with Crippen molar-refractivity contribution in [2.24, 2.45) is 0 Å². The minimum atomic E-state index is -3.54. The molecule has 27 heavy (non-hydrogen) atoms. The predicted octanol–water partition coefficient (Wildman–Crippen LogP) is 3.93. The standard InChI is InChI=1S/C20H26N2O3S2/c1-5-18-17-11-13-26-19(17)10-12-22(18)20(23)15-6-8-16(9-7-15)27(24,25)21(4)14(2)3/h6-9,11,13-14,18H,5,10,12H2,1-4H3. The van der Waals surface area contributed by atoms with Crippen LogP contribution in [0.3, 0.4) is 0 Å². The molecule has 0 aliphatic carbocycles. The lowest BCUT2D eigenvalue weighted by Gasteiger charge is -2.35. The Morgan fingerprint density at radius 2 is 1.93 bits per heavy atom. The van der Waals surface area contributed by atoms with Crippen molar-refractivity contribution < 1.29 is 13.2 Å². The van der Waals surface area contributed by atoms with Crippen molar-refractivity contribution in [3.8, 4) is 0 Å². The van der Waals surface area contributed by atoms with Gasteiger partial charge in [0.2, 0.25) is 10.0 Å². The molecule has 1 aliphatic rings. The first-order chi connectivity index (χ1) is 12.8. The lowest BCUT2D eigenvalue weighted by atomic mass is 9.97. The lowest BCUT2D eigenvalue weighted by Crippen LogP contribution is -2.39. The maximum Gasteiger partial charge on any atom is 0.254 e. The zero-order valence-corrected chi connectivity index (χ0v) is 17.8. The molecule has 1 aromatic carbocycles. The molecule has 1 unspecified atom stereocenters. The molecule has 5 nitrogen and oxygen atoms in total. The van der Waals surface area contributed by atoms with Crippen LogP contribution in [0.15, 0.2) is 40.6 Å². The van der Waals surface area contributed by atoms with Gasteiger partial charge in [-0.25, -0.2) is 8.42 Å². The minimum absolute atomic E-state index is 0.0418. The highest BCUT2D eigenvalue weighted by Gasteiger charge is 2.31. The molecule has 3 rings (SSSR count). The summed E-state index contributed by atoms with van der Waals surface area (Å²) in [6, 6.07) is 8.38. The molecule has 7 heteroatoms. The van der Waals surface area contributed by atoms with Crippen LogP contribution in [0, 0.1) is 0 Å². The van der Waals surface area contributed by atoms with Gasteiger partial charge in [0.15, 0.2) is 0 Å². The Bertz CT molecular complexity index is 917. The smallest absolute Gasteiger partial charge is 0.254 e. The van der Waals surface area contributed by atoms with Crippen molar-refractivity contribution in [3.05, 3.63) is 51.7 Å². The number of amides is 1. The summed E-state index contributed by atoms with van der Waals surface area (Å²) in [5.74, 6) is -0.0418. The highest BCUT2D eigenvalue weighted by Crippen LogP contribution is 2.36. The number of rotatable bonds is 5. The third kappa shape index (κ3) is 3.68. The SMILES string of the molecule is CCC1c2ccsc2CCN1C(=O)c1ccc(S(=O)(=O)N(C)C(C)C)cc1. The van der Waals surface area contributed by atoms with Gasteiger partial charge in [-0.2, -0.15) is 4.31 Å². The number of benzene rings is 1. The van der Waals surface area contributed by atoms with E-state index in [1.54, 1.807) is 30.5 Å². The number of fused-ring (bicyclic) bond motifs is 1. The van der Waals surface area contributed by atoms with Crippen molar-refractivity contribution in [1.29, 1.82) is 0 Å². The molecule has 0 bridgehead atoms. The first-order valence-electron chi connectivity index (χ1n) is 9.22. The van der Waals surface area contributed by atoms with Crippen molar-refractivity contribution in [3.63, 3.8) is 0 Å². The Kier molecular flexibility index (Phi) is 5.74. The van der Waals surface area contributed by atoms with E-state index in [0.29, 0.717) is 12.1 Å². The Hall–Kier alpha value is -1.70. The molecule has 0 spiro atoms. The van der Waals surface area contributed by atoms with Crippen molar-refractivity contribution in [2.45, 2.75) is 50.6 Å². The third-order valence-corrected chi connectivity index (χ3v) is 8.29. The Balaban J connectivity index is 1.84. The van der Waals surface area contributed by atoms with Crippen LogP contribution in [0.25, 0.3) is 0 Å². The molecule has 2 heterocycles. The summed E-state index contributed by atoms with van der Waals surface area (Å²) < 4.78 is 26.5. The van der Waals surface area contributed by atoms with E-state index < -0.39 is 10.0 Å². The Labute approximate surface area is 165 Å². The average molecular weight is 407 g/mol. The minimum Gasteiger partial charge on any atom is -0.331 e. The number of nitrogens with zero attached hydrogens (tertiary/aromatic N) is 2. The summed E-state index contributed by atoms with van der Waals surface area (Å²) in [4.78, 5) is 16.6. The zero-order chi connectivity index (χ0) is 19.8. The number of sulfonamides is 1. The van der Waals surface area contributed by atoms with Gasteiger partial charge in [-0.15, -0.1) is 11.3 Å². The van der Waals surface area contributed by atoms with Crippen LogP contribution in [-0.4, -0.2) is 43.2 Å². The quantitative estimate of drug-likeness (QED) is 0.756. The zero-order valence-electron chi connectivity index (χ0n) is 16.2. The van der Waals surface area contributed by atoms with Gasteiger partial charge in [-0.1, -0.05) is 6.92 Å². The molecule has 0 radical (unpaired) electrons. The predicted molar refractivity (Wildman–Crippen MR) is 109 cm³/mol. The fourth-order valence-electron chi connectivity index (χ4n) is 3.46. The number of carbonyl (C=O) groups is 1. The highest BCUT2D eigenvalue weighted by molar-refractivity contribution is 7.89. The van der Waals surface area contributed by atoms with Crippen LogP contribution >= 0.6 is 11.3 Å². The number of thiophene rings is 1. The number of carbonyl (C=O) groups excluding carboxylic acids is 1. The highest BCUT2D eigenvalue weighted by atomic mass is 32.2. The average Bonchev–Trinajstić information content (AvgIpc) is 3.14. The Morgan fingerprint density at radius 1 is 1.26 bits per heavy atom. The maximum absolute atomic E-state index is 13.1. The van der Waals surface area contributed by atoms with Gasteiger partial charge in [0.1, 0.15) is 0 Å². The van der Waals surface area contributed by atoms with Gasteiger partial charge in [0, 0.05) is 30.1 Å². The summed E-state index contributed by atoms with van der Waals surface area (Å²) in [5, 5.41) is 2.09. The van der Waals surface area contributed by atoms with E-state index in [1.807, 2.05) is 18.7 Å². The normalized spacial score (nSPS) is 17.4. The summed E-state index contributed by atoms with van der Waals surface area (Å²) in [7, 11) is -1.98. The molecule has 0 N–H and O–H groups in total. The molecule has 0 saturated carbocycles. The largest absolute Gasteiger partial charge is 0.331 e. The van der Waals surface area contributed by atoms with Crippen LogP contribution in [0.5, 0.6) is 0 Å². The van der Waals surface area contributed by atoms with E-state index in [2.05, 4.69) is 18.4 Å². The van der Waals surface area contributed by atoms with Crippen LogP contribution < -0.4 is 0 Å². The first-order valence-corrected chi connectivity index (χ1v) is 11.5. The van der Waals surface area contributed by atoms with E-state index in [1.165, 1.54) is 26.9 Å². The number of hydrogen-bond donors (Lipinski definition) is 0. The van der Waals surface area contributed by atoms with Gasteiger partial charge in [-0.3, -0.25) is 4.79 Å². The van der Waals surface area contributed by atoms with E-state index in [9.17, 15) is 13.2 Å². The summed E-state index contributed by atoms with van der Waals surface area (Å²) in [5.41, 5.74) is 1.78. The van der Waals surface area contributed by atoms with Gasteiger partial charge in [0.05, 0.1) is 10.9 Å². The van der Waals surface area contributed by atoms with Crippen LogP contribution in [0.1, 0.15) is 54.0 Å². The van der Waals surface area contributed by atoms with Crippen LogP contribution in [-0.2, 0) is 16.4 Å². The summed E-state index contributed by atoms with van der Waals surface area (Å²) >= 11 is 1.75. The topological polar surface area (TPSA) is 57.7 Å². The van der Waals surface area contributed by atoms with Crippen LogP contribution in [0.2, 0.25) is 0 Å². The molecule has 1 amide bonds. The molecule has 0 saturated heterocycles. The molecular weight excluding hydrogens is 380 g/mol. The molecule has 146 valence electrons. The van der Waals surface area contributed by atoms with Gasteiger partial charge >= 0.3 is 0 Å². The Morgan fingerprint density at radius 3 is 2.52 bits per heavy atom. The van der Waals surface area contributed by atoms with E-state index in [-0.39, 0.29) is 22.9 Å². The van der Waals surface area contributed by atoms with Crippen LogP contribution in [0.4, 0.5) is 0 Å². The third-order valence-electron chi connectivity index (χ3n) is 5.25. The van der Waals surface area contributed by atoms with E-state index >= 15 is 0 Å².